The molecule has 0 spiro atoms. The fraction of sp³-hybridized carbons (Fsp3) is 0.562. The summed E-state index contributed by atoms with van der Waals surface area (Å²) in [4.78, 5) is 14.0. The Labute approximate surface area is 120 Å². The van der Waals surface area contributed by atoms with Crippen molar-refractivity contribution in [3.05, 3.63) is 29.3 Å². The van der Waals surface area contributed by atoms with Crippen molar-refractivity contribution in [2.24, 2.45) is 0 Å². The van der Waals surface area contributed by atoms with Crippen molar-refractivity contribution in [2.75, 3.05) is 25.0 Å². The number of benzene rings is 1. The van der Waals surface area contributed by atoms with E-state index in [2.05, 4.69) is 12.2 Å². The van der Waals surface area contributed by atoms with E-state index in [4.69, 9.17) is 0 Å². The lowest BCUT2D eigenvalue weighted by Crippen LogP contribution is -2.62. The maximum atomic E-state index is 12.0. The number of aliphatic hydroxyl groups is 1. The SMILES string of the molecule is CCCC1(O)CN(CC(=O)Nc2cc(C)ccc2C)C1. The van der Waals surface area contributed by atoms with Crippen LogP contribution in [0.15, 0.2) is 18.2 Å². The van der Waals surface area contributed by atoms with Gasteiger partial charge in [-0.25, -0.2) is 0 Å². The third kappa shape index (κ3) is 3.58. The molecule has 0 bridgehead atoms. The number of nitrogens with zero attached hydrogens (tertiary/aromatic N) is 1. The van der Waals surface area contributed by atoms with Gasteiger partial charge < -0.3 is 10.4 Å². The molecule has 1 fully saturated rings. The molecule has 4 heteroatoms. The van der Waals surface area contributed by atoms with Crippen molar-refractivity contribution >= 4 is 11.6 Å². The molecule has 4 nitrogen and oxygen atoms in total. The molecule has 1 aliphatic rings. The monoisotopic (exact) mass is 276 g/mol. The molecular weight excluding hydrogens is 252 g/mol. The maximum Gasteiger partial charge on any atom is 0.238 e. The van der Waals surface area contributed by atoms with Crippen LogP contribution in [0, 0.1) is 13.8 Å². The van der Waals surface area contributed by atoms with Crippen molar-refractivity contribution in [3.8, 4) is 0 Å². The zero-order chi connectivity index (χ0) is 14.8. The van der Waals surface area contributed by atoms with E-state index in [1.165, 1.54) is 0 Å². The molecule has 0 aliphatic carbocycles. The lowest BCUT2D eigenvalue weighted by Gasteiger charge is -2.46. The minimum absolute atomic E-state index is 0.0164. The molecule has 20 heavy (non-hydrogen) atoms. The number of rotatable bonds is 5. The number of carbonyl (C=O) groups is 1. The van der Waals surface area contributed by atoms with Crippen molar-refractivity contribution in [1.82, 2.24) is 4.90 Å². The molecule has 1 amide bonds. The lowest BCUT2D eigenvalue weighted by atomic mass is 9.89. The quantitative estimate of drug-likeness (QED) is 0.866. The molecule has 1 saturated heterocycles. The van der Waals surface area contributed by atoms with Gasteiger partial charge in [0.05, 0.1) is 12.1 Å². The van der Waals surface area contributed by atoms with Gasteiger partial charge in [-0.05, 0) is 37.5 Å². The molecule has 1 aromatic rings. The first kappa shape index (κ1) is 15.0. The van der Waals surface area contributed by atoms with Gasteiger partial charge in [0.1, 0.15) is 0 Å². The molecule has 0 unspecified atom stereocenters. The molecular formula is C16H24N2O2. The van der Waals surface area contributed by atoms with E-state index >= 15 is 0 Å². The summed E-state index contributed by atoms with van der Waals surface area (Å²) in [5.41, 5.74) is 2.50. The number of aryl methyl sites for hydroxylation is 2. The van der Waals surface area contributed by atoms with Crippen LogP contribution < -0.4 is 5.32 Å². The molecule has 1 aromatic carbocycles. The maximum absolute atomic E-state index is 12.0. The normalized spacial score (nSPS) is 17.6. The number of likely N-dealkylation sites (tertiary alicyclic amines) is 1. The molecule has 0 aromatic heterocycles. The van der Waals surface area contributed by atoms with Crippen LogP contribution in [-0.4, -0.2) is 41.1 Å². The Hall–Kier alpha value is -1.39. The smallest absolute Gasteiger partial charge is 0.238 e. The van der Waals surface area contributed by atoms with Gasteiger partial charge in [-0.2, -0.15) is 0 Å². The second-order valence-electron chi connectivity index (χ2n) is 5.99. The molecule has 2 rings (SSSR count). The molecule has 1 aliphatic heterocycles. The fourth-order valence-electron chi connectivity index (χ4n) is 2.78. The zero-order valence-electron chi connectivity index (χ0n) is 12.6. The number of carbonyl (C=O) groups excluding carboxylic acids is 1. The van der Waals surface area contributed by atoms with Crippen molar-refractivity contribution < 1.29 is 9.90 Å². The van der Waals surface area contributed by atoms with Gasteiger partial charge in [0.25, 0.3) is 0 Å². The highest BCUT2D eigenvalue weighted by Gasteiger charge is 2.40. The van der Waals surface area contributed by atoms with Gasteiger partial charge in [-0.1, -0.05) is 25.5 Å². The Morgan fingerprint density at radius 3 is 2.75 bits per heavy atom. The number of nitrogens with one attached hydrogen (secondary N) is 1. The standard InChI is InChI=1S/C16H24N2O2/c1-4-7-16(20)10-18(11-16)9-15(19)17-14-8-12(2)5-6-13(14)3/h5-6,8,20H,4,7,9-11H2,1-3H3,(H,17,19). The third-order valence-electron chi connectivity index (χ3n) is 3.79. The van der Waals surface area contributed by atoms with Crippen LogP contribution >= 0.6 is 0 Å². The van der Waals surface area contributed by atoms with Gasteiger partial charge >= 0.3 is 0 Å². The van der Waals surface area contributed by atoms with E-state index < -0.39 is 5.60 Å². The predicted molar refractivity (Wildman–Crippen MR) is 80.8 cm³/mol. The van der Waals surface area contributed by atoms with E-state index in [-0.39, 0.29) is 5.91 Å². The Morgan fingerprint density at radius 2 is 2.10 bits per heavy atom. The molecule has 2 N–H and O–H groups in total. The summed E-state index contributed by atoms with van der Waals surface area (Å²) in [6.45, 7) is 7.60. The minimum atomic E-state index is -0.575. The van der Waals surface area contributed by atoms with Crippen LogP contribution in [0.25, 0.3) is 0 Å². The van der Waals surface area contributed by atoms with E-state index in [1.807, 2.05) is 36.9 Å². The van der Waals surface area contributed by atoms with Crippen LogP contribution in [0.3, 0.4) is 0 Å². The zero-order valence-corrected chi connectivity index (χ0v) is 12.6. The number of amides is 1. The van der Waals surface area contributed by atoms with E-state index in [9.17, 15) is 9.90 Å². The van der Waals surface area contributed by atoms with Crippen LogP contribution in [0.1, 0.15) is 30.9 Å². The van der Waals surface area contributed by atoms with E-state index in [1.54, 1.807) is 0 Å². The first-order chi connectivity index (χ1) is 9.42. The van der Waals surface area contributed by atoms with Crippen LogP contribution in [0.5, 0.6) is 0 Å². The summed E-state index contributed by atoms with van der Waals surface area (Å²) < 4.78 is 0. The lowest BCUT2D eigenvalue weighted by molar-refractivity contribution is -0.129. The summed E-state index contributed by atoms with van der Waals surface area (Å²) in [6.07, 6.45) is 1.78. The van der Waals surface area contributed by atoms with E-state index in [0.717, 1.165) is 29.7 Å². The Kier molecular flexibility index (Phi) is 4.45. The highest BCUT2D eigenvalue weighted by molar-refractivity contribution is 5.93. The second-order valence-corrected chi connectivity index (χ2v) is 5.99. The number of β-amino-alcohol motifs (C(OH)–C–C–N with tert-alkyl or cyclic N) is 1. The Morgan fingerprint density at radius 1 is 1.40 bits per heavy atom. The van der Waals surface area contributed by atoms with Gasteiger partial charge in [0.2, 0.25) is 5.91 Å². The average molecular weight is 276 g/mol. The summed E-state index contributed by atoms with van der Waals surface area (Å²) in [5, 5.41) is 13.0. The highest BCUT2D eigenvalue weighted by atomic mass is 16.3. The van der Waals surface area contributed by atoms with Gasteiger partial charge in [-0.3, -0.25) is 9.69 Å². The number of anilines is 1. The largest absolute Gasteiger partial charge is 0.387 e. The van der Waals surface area contributed by atoms with Crippen LogP contribution in [0.4, 0.5) is 5.69 Å². The second kappa shape index (κ2) is 5.94. The Bertz CT molecular complexity index is 493. The Balaban J connectivity index is 1.84. The average Bonchev–Trinajstić information content (AvgIpc) is 2.32. The van der Waals surface area contributed by atoms with Crippen molar-refractivity contribution in [3.63, 3.8) is 0 Å². The van der Waals surface area contributed by atoms with Crippen LogP contribution in [0.2, 0.25) is 0 Å². The topological polar surface area (TPSA) is 52.6 Å². The molecule has 1 heterocycles. The molecule has 0 radical (unpaired) electrons. The first-order valence-corrected chi connectivity index (χ1v) is 7.24. The third-order valence-corrected chi connectivity index (χ3v) is 3.79. The number of hydrogen-bond acceptors (Lipinski definition) is 3. The highest BCUT2D eigenvalue weighted by Crippen LogP contribution is 2.25. The summed E-state index contributed by atoms with van der Waals surface area (Å²) in [6, 6.07) is 6.02. The van der Waals surface area contributed by atoms with Gasteiger partial charge in [-0.15, -0.1) is 0 Å². The minimum Gasteiger partial charge on any atom is -0.387 e. The van der Waals surface area contributed by atoms with Crippen molar-refractivity contribution in [1.29, 1.82) is 0 Å². The first-order valence-electron chi connectivity index (χ1n) is 7.24. The van der Waals surface area contributed by atoms with Crippen LogP contribution in [-0.2, 0) is 4.79 Å². The summed E-state index contributed by atoms with van der Waals surface area (Å²) in [7, 11) is 0. The summed E-state index contributed by atoms with van der Waals surface area (Å²) >= 11 is 0. The molecule has 0 saturated carbocycles. The fourth-order valence-corrected chi connectivity index (χ4v) is 2.78. The summed E-state index contributed by atoms with van der Waals surface area (Å²) in [5.74, 6) is -0.0164. The molecule has 0 atom stereocenters. The molecule has 110 valence electrons. The van der Waals surface area contributed by atoms with Gasteiger partial charge in [0.15, 0.2) is 0 Å². The predicted octanol–water partition coefficient (Wildman–Crippen LogP) is 2.09. The van der Waals surface area contributed by atoms with E-state index in [0.29, 0.717) is 19.6 Å². The van der Waals surface area contributed by atoms with Crippen molar-refractivity contribution in [2.45, 2.75) is 39.2 Å². The number of hydrogen-bond donors (Lipinski definition) is 2. The van der Waals surface area contributed by atoms with Gasteiger partial charge in [0, 0.05) is 18.8 Å².